The molecule has 0 saturated carbocycles. The monoisotopic (exact) mass is 326 g/mol. The molecule has 0 aliphatic heterocycles. The number of halogens is 1. The van der Waals surface area contributed by atoms with Crippen molar-refractivity contribution in [3.63, 3.8) is 0 Å². The average Bonchev–Trinajstić information content (AvgIpc) is 2.98. The van der Waals surface area contributed by atoms with E-state index in [-0.39, 0.29) is 5.82 Å². The van der Waals surface area contributed by atoms with Gasteiger partial charge in [0.2, 0.25) is 0 Å². The molecule has 0 saturated heterocycles. The number of H-pyrrole nitrogens is 1. The lowest BCUT2D eigenvalue weighted by Gasteiger charge is -2.09. The van der Waals surface area contributed by atoms with Crippen LogP contribution in [0.25, 0.3) is 10.9 Å². The number of rotatable bonds is 8. The number of aryl methyl sites for hydroxylation is 2. The third kappa shape index (κ3) is 4.15. The normalized spacial score (nSPS) is 11.1. The first kappa shape index (κ1) is 16.5. The molecule has 0 bridgehead atoms. The minimum Gasteiger partial charge on any atom is -0.492 e. The van der Waals surface area contributed by atoms with Gasteiger partial charge in [0.1, 0.15) is 18.2 Å². The molecule has 126 valence electrons. The van der Waals surface area contributed by atoms with Gasteiger partial charge in [-0.1, -0.05) is 18.2 Å². The van der Waals surface area contributed by atoms with E-state index in [9.17, 15) is 4.39 Å². The molecule has 4 heteroatoms. The van der Waals surface area contributed by atoms with Crippen molar-refractivity contribution in [3.8, 4) is 5.75 Å². The molecular formula is C20H23FN2O. The zero-order valence-corrected chi connectivity index (χ0v) is 13.9. The summed E-state index contributed by atoms with van der Waals surface area (Å²) >= 11 is 0. The maximum Gasteiger partial charge on any atom is 0.123 e. The Morgan fingerprint density at radius 2 is 2.00 bits per heavy atom. The molecular weight excluding hydrogens is 303 g/mol. The van der Waals surface area contributed by atoms with Crippen LogP contribution in [0.5, 0.6) is 5.75 Å². The van der Waals surface area contributed by atoms with Gasteiger partial charge in [0.15, 0.2) is 0 Å². The van der Waals surface area contributed by atoms with Crippen molar-refractivity contribution in [2.24, 2.45) is 0 Å². The molecule has 2 aromatic carbocycles. The van der Waals surface area contributed by atoms with E-state index in [2.05, 4.69) is 10.3 Å². The van der Waals surface area contributed by atoms with Crippen LogP contribution in [0.4, 0.5) is 4.39 Å². The third-order valence-electron chi connectivity index (χ3n) is 4.16. The highest BCUT2D eigenvalue weighted by Gasteiger charge is 2.04. The van der Waals surface area contributed by atoms with Crippen molar-refractivity contribution < 1.29 is 9.13 Å². The first-order valence-electron chi connectivity index (χ1n) is 8.39. The third-order valence-corrected chi connectivity index (χ3v) is 4.16. The molecule has 0 amide bonds. The van der Waals surface area contributed by atoms with Crippen LogP contribution in [0, 0.1) is 12.7 Å². The van der Waals surface area contributed by atoms with Gasteiger partial charge in [-0.05, 0) is 61.7 Å². The Morgan fingerprint density at radius 3 is 2.88 bits per heavy atom. The predicted octanol–water partition coefficient (Wildman–Crippen LogP) is 4.22. The van der Waals surface area contributed by atoms with Gasteiger partial charge in [0.25, 0.3) is 0 Å². The van der Waals surface area contributed by atoms with Crippen LogP contribution in [0.2, 0.25) is 0 Å². The fourth-order valence-corrected chi connectivity index (χ4v) is 2.84. The Bertz CT molecular complexity index is 797. The van der Waals surface area contributed by atoms with Gasteiger partial charge in [-0.2, -0.15) is 0 Å². The summed E-state index contributed by atoms with van der Waals surface area (Å²) in [5, 5.41) is 4.37. The lowest BCUT2D eigenvalue weighted by atomic mass is 10.1. The van der Waals surface area contributed by atoms with Gasteiger partial charge in [0, 0.05) is 23.6 Å². The van der Waals surface area contributed by atoms with E-state index in [4.69, 9.17) is 4.74 Å². The summed E-state index contributed by atoms with van der Waals surface area (Å²) in [6.07, 6.45) is 3.91. The van der Waals surface area contributed by atoms with Gasteiger partial charge in [-0.25, -0.2) is 4.39 Å². The van der Waals surface area contributed by atoms with Crippen LogP contribution in [-0.2, 0) is 6.42 Å². The van der Waals surface area contributed by atoms with E-state index in [0.717, 1.165) is 48.1 Å². The fourth-order valence-electron chi connectivity index (χ4n) is 2.84. The average molecular weight is 326 g/mol. The summed E-state index contributed by atoms with van der Waals surface area (Å²) in [5.41, 5.74) is 3.32. The Hall–Kier alpha value is -2.33. The van der Waals surface area contributed by atoms with Crippen LogP contribution >= 0.6 is 0 Å². The number of aromatic amines is 1. The van der Waals surface area contributed by atoms with Crippen molar-refractivity contribution in [1.29, 1.82) is 0 Å². The van der Waals surface area contributed by atoms with E-state index in [0.29, 0.717) is 6.61 Å². The maximum atomic E-state index is 13.4. The van der Waals surface area contributed by atoms with Crippen molar-refractivity contribution in [1.82, 2.24) is 10.3 Å². The van der Waals surface area contributed by atoms with E-state index in [1.54, 1.807) is 12.1 Å². The molecule has 0 aliphatic rings. The fraction of sp³-hybridized carbons (Fsp3) is 0.300. The Labute approximate surface area is 141 Å². The minimum atomic E-state index is -0.185. The van der Waals surface area contributed by atoms with Crippen molar-refractivity contribution in [2.75, 3.05) is 19.7 Å². The van der Waals surface area contributed by atoms with E-state index >= 15 is 0 Å². The summed E-state index contributed by atoms with van der Waals surface area (Å²) in [6.45, 7) is 4.44. The first-order chi connectivity index (χ1) is 11.7. The molecule has 1 heterocycles. The van der Waals surface area contributed by atoms with Crippen LogP contribution in [0.1, 0.15) is 17.5 Å². The second-order valence-corrected chi connectivity index (χ2v) is 5.97. The van der Waals surface area contributed by atoms with E-state index < -0.39 is 0 Å². The highest BCUT2D eigenvalue weighted by molar-refractivity contribution is 5.83. The summed E-state index contributed by atoms with van der Waals surface area (Å²) < 4.78 is 19.1. The zero-order valence-electron chi connectivity index (χ0n) is 13.9. The van der Waals surface area contributed by atoms with E-state index in [1.807, 2.05) is 37.4 Å². The zero-order chi connectivity index (χ0) is 16.8. The standard InChI is InChI=1S/C20H23FN2O/c1-15-5-2-3-7-20(15)24-12-11-22-10-4-6-16-14-23-19-9-8-17(21)13-18(16)19/h2-3,5,7-9,13-14,22-23H,4,6,10-12H2,1H3. The van der Waals surface area contributed by atoms with Crippen LogP contribution in [0.3, 0.4) is 0 Å². The molecule has 0 spiro atoms. The molecule has 1 aromatic heterocycles. The lowest BCUT2D eigenvalue weighted by molar-refractivity contribution is 0.312. The molecule has 0 aliphatic carbocycles. The number of hydrogen-bond donors (Lipinski definition) is 2. The number of hydrogen-bond acceptors (Lipinski definition) is 2. The van der Waals surface area contributed by atoms with Crippen molar-refractivity contribution in [3.05, 3.63) is 65.6 Å². The Balaban J connectivity index is 1.36. The molecule has 0 unspecified atom stereocenters. The highest BCUT2D eigenvalue weighted by atomic mass is 19.1. The molecule has 0 fully saturated rings. The minimum absolute atomic E-state index is 0.185. The van der Waals surface area contributed by atoms with Crippen molar-refractivity contribution in [2.45, 2.75) is 19.8 Å². The molecule has 2 N–H and O–H groups in total. The number of ether oxygens (including phenoxy) is 1. The quantitative estimate of drug-likeness (QED) is 0.608. The number of fused-ring (bicyclic) bond motifs is 1. The van der Waals surface area contributed by atoms with Gasteiger partial charge in [-0.15, -0.1) is 0 Å². The predicted molar refractivity (Wildman–Crippen MR) is 96.1 cm³/mol. The topological polar surface area (TPSA) is 37.0 Å². The van der Waals surface area contributed by atoms with Crippen LogP contribution in [-0.4, -0.2) is 24.7 Å². The molecule has 0 radical (unpaired) electrons. The summed E-state index contributed by atoms with van der Waals surface area (Å²) in [4.78, 5) is 3.19. The molecule has 0 atom stereocenters. The molecule has 24 heavy (non-hydrogen) atoms. The number of aromatic nitrogens is 1. The number of nitrogens with one attached hydrogen (secondary N) is 2. The van der Waals surface area contributed by atoms with Gasteiger partial charge >= 0.3 is 0 Å². The molecule has 3 nitrogen and oxygen atoms in total. The van der Waals surface area contributed by atoms with Crippen LogP contribution < -0.4 is 10.1 Å². The Morgan fingerprint density at radius 1 is 1.12 bits per heavy atom. The van der Waals surface area contributed by atoms with Gasteiger partial charge in [0.05, 0.1) is 0 Å². The number of benzene rings is 2. The second-order valence-electron chi connectivity index (χ2n) is 5.97. The van der Waals surface area contributed by atoms with Gasteiger partial charge in [-0.3, -0.25) is 0 Å². The van der Waals surface area contributed by atoms with Crippen molar-refractivity contribution >= 4 is 10.9 Å². The SMILES string of the molecule is Cc1ccccc1OCCNCCCc1c[nH]c2ccc(F)cc12. The van der Waals surface area contributed by atoms with Crippen LogP contribution in [0.15, 0.2) is 48.7 Å². The number of para-hydroxylation sites is 1. The molecule has 3 aromatic rings. The van der Waals surface area contributed by atoms with E-state index in [1.165, 1.54) is 11.6 Å². The summed E-state index contributed by atoms with van der Waals surface area (Å²) in [7, 11) is 0. The smallest absolute Gasteiger partial charge is 0.123 e. The maximum absolute atomic E-state index is 13.4. The Kier molecular flexibility index (Phi) is 5.49. The summed E-state index contributed by atoms with van der Waals surface area (Å²) in [5.74, 6) is 0.759. The lowest BCUT2D eigenvalue weighted by Crippen LogP contribution is -2.22. The first-order valence-corrected chi connectivity index (χ1v) is 8.39. The highest BCUT2D eigenvalue weighted by Crippen LogP contribution is 2.20. The second kappa shape index (κ2) is 7.97. The largest absolute Gasteiger partial charge is 0.492 e. The molecule has 3 rings (SSSR count). The summed E-state index contributed by atoms with van der Waals surface area (Å²) in [6, 6.07) is 12.9. The van der Waals surface area contributed by atoms with Gasteiger partial charge < -0.3 is 15.0 Å².